The van der Waals surface area contributed by atoms with Crippen LogP contribution in [0, 0.1) is 3.57 Å². The first-order valence-corrected chi connectivity index (χ1v) is 15.3. The number of rotatable bonds is 9. The van der Waals surface area contributed by atoms with Crippen LogP contribution in [-0.4, -0.2) is 39.2 Å². The molecule has 0 spiro atoms. The van der Waals surface area contributed by atoms with Gasteiger partial charge in [0.1, 0.15) is 23.3 Å². The number of nitrogens with zero attached hydrogens (tertiary/aromatic N) is 4. The molecule has 38 heavy (non-hydrogen) atoms. The topological polar surface area (TPSA) is 90.9 Å². The van der Waals surface area contributed by atoms with Gasteiger partial charge >= 0.3 is 0 Å². The number of ether oxygens (including phenoxy) is 1. The van der Waals surface area contributed by atoms with Crippen molar-refractivity contribution >= 4 is 51.2 Å². The molecule has 1 fully saturated rings. The highest BCUT2D eigenvalue weighted by atomic mass is 127. The number of fused-ring (bicyclic) bond motifs is 1. The van der Waals surface area contributed by atoms with Crippen molar-refractivity contribution in [1.82, 2.24) is 24.8 Å². The molecule has 5 rings (SSSR count). The van der Waals surface area contributed by atoms with Gasteiger partial charge in [-0.1, -0.05) is 62.1 Å². The van der Waals surface area contributed by atoms with E-state index < -0.39 is 0 Å². The number of para-hydroxylation sites is 1. The van der Waals surface area contributed by atoms with E-state index in [4.69, 9.17) is 20.4 Å². The lowest BCUT2D eigenvalue weighted by Gasteiger charge is -2.21. The Balaban J connectivity index is 1.44. The van der Waals surface area contributed by atoms with Gasteiger partial charge in [-0.2, -0.15) is 0 Å². The standard InChI is InChI=1S/C29H35IN6OS/c1-37-21-14-15-23(30)25(18-21)38-29-35-27-26(22-12-7-8-13-24(22)31)33-19-34-28(27)36(29)17-9-16-32-20-10-5-3-2-4-6-11-20/h7-8,12-15,18-20,32H,2-6,9-11,16-17,31H2,1H3. The van der Waals surface area contributed by atoms with E-state index in [9.17, 15) is 0 Å². The maximum Gasteiger partial charge on any atom is 0.175 e. The Kier molecular flexibility index (Phi) is 9.40. The second-order valence-corrected chi connectivity index (χ2v) is 11.9. The molecule has 9 heteroatoms. The SMILES string of the molecule is COc1ccc(I)c(Sc2nc3c(-c4ccccc4N)ncnc3n2CCCNC2CCCCCCC2)c1. The molecule has 2 aromatic carbocycles. The third-order valence-corrected chi connectivity index (χ3v) is 9.51. The number of hydrogen-bond donors (Lipinski definition) is 2. The van der Waals surface area contributed by atoms with Gasteiger partial charge in [0.25, 0.3) is 0 Å². The van der Waals surface area contributed by atoms with E-state index in [2.05, 4.69) is 49.6 Å². The first-order chi connectivity index (χ1) is 18.6. The Morgan fingerprint density at radius 2 is 1.87 bits per heavy atom. The lowest BCUT2D eigenvalue weighted by Crippen LogP contribution is -2.31. The van der Waals surface area contributed by atoms with Crippen molar-refractivity contribution in [2.75, 3.05) is 19.4 Å². The Hall–Kier alpha value is -2.37. The highest BCUT2D eigenvalue weighted by Crippen LogP contribution is 2.37. The first kappa shape index (κ1) is 27.2. The molecule has 0 atom stereocenters. The summed E-state index contributed by atoms with van der Waals surface area (Å²) >= 11 is 4.01. The van der Waals surface area contributed by atoms with Crippen LogP contribution in [0.5, 0.6) is 5.75 Å². The predicted molar refractivity (Wildman–Crippen MR) is 164 cm³/mol. The monoisotopic (exact) mass is 642 g/mol. The van der Waals surface area contributed by atoms with E-state index >= 15 is 0 Å². The molecular formula is C29H35IN6OS. The summed E-state index contributed by atoms with van der Waals surface area (Å²) in [5.41, 5.74) is 10.3. The molecule has 200 valence electrons. The maximum atomic E-state index is 6.33. The van der Waals surface area contributed by atoms with Crippen molar-refractivity contribution in [1.29, 1.82) is 0 Å². The summed E-state index contributed by atoms with van der Waals surface area (Å²) in [5, 5.41) is 4.73. The molecule has 0 unspecified atom stereocenters. The molecule has 0 radical (unpaired) electrons. The van der Waals surface area contributed by atoms with Crippen LogP contribution in [0.2, 0.25) is 0 Å². The largest absolute Gasteiger partial charge is 0.497 e. The molecule has 1 saturated carbocycles. The number of hydrogen-bond acceptors (Lipinski definition) is 7. The summed E-state index contributed by atoms with van der Waals surface area (Å²) in [6.07, 6.45) is 12.0. The fourth-order valence-corrected chi connectivity index (χ4v) is 6.72. The minimum Gasteiger partial charge on any atom is -0.497 e. The van der Waals surface area contributed by atoms with E-state index in [1.807, 2.05) is 30.3 Å². The van der Waals surface area contributed by atoms with Crippen LogP contribution in [0.3, 0.4) is 0 Å². The molecule has 2 heterocycles. The fourth-order valence-electron chi connectivity index (χ4n) is 5.10. The zero-order chi connectivity index (χ0) is 26.3. The van der Waals surface area contributed by atoms with Gasteiger partial charge in [0.15, 0.2) is 10.8 Å². The summed E-state index contributed by atoms with van der Waals surface area (Å²) in [5.74, 6) is 0.830. The number of nitrogens with one attached hydrogen (secondary N) is 1. The molecule has 0 saturated heterocycles. The van der Waals surface area contributed by atoms with Gasteiger partial charge in [0.2, 0.25) is 0 Å². The maximum absolute atomic E-state index is 6.33. The minimum absolute atomic E-state index is 0.636. The number of aryl methyl sites for hydroxylation is 1. The average Bonchev–Trinajstić information content (AvgIpc) is 3.26. The van der Waals surface area contributed by atoms with Crippen LogP contribution in [0.15, 0.2) is 58.8 Å². The van der Waals surface area contributed by atoms with Crippen LogP contribution >= 0.6 is 34.4 Å². The van der Waals surface area contributed by atoms with Crippen molar-refractivity contribution < 1.29 is 4.74 Å². The van der Waals surface area contributed by atoms with Gasteiger partial charge in [0.05, 0.1) is 7.11 Å². The van der Waals surface area contributed by atoms with E-state index in [0.717, 1.165) is 61.3 Å². The average molecular weight is 643 g/mol. The highest BCUT2D eigenvalue weighted by molar-refractivity contribution is 14.1. The van der Waals surface area contributed by atoms with Gasteiger partial charge < -0.3 is 20.4 Å². The number of halogens is 1. The zero-order valence-electron chi connectivity index (χ0n) is 21.8. The third kappa shape index (κ3) is 6.43. The highest BCUT2D eigenvalue weighted by Gasteiger charge is 2.20. The van der Waals surface area contributed by atoms with Crippen LogP contribution in [0.4, 0.5) is 5.69 Å². The number of methoxy groups -OCH3 is 1. The summed E-state index contributed by atoms with van der Waals surface area (Å²) in [6.45, 7) is 1.80. The summed E-state index contributed by atoms with van der Waals surface area (Å²) < 4.78 is 8.88. The van der Waals surface area contributed by atoms with Crippen LogP contribution in [-0.2, 0) is 6.54 Å². The third-order valence-electron chi connectivity index (χ3n) is 7.15. The fraction of sp³-hybridized carbons (Fsp3) is 0.414. The summed E-state index contributed by atoms with van der Waals surface area (Å²) in [7, 11) is 1.70. The molecule has 3 N–H and O–H groups in total. The summed E-state index contributed by atoms with van der Waals surface area (Å²) in [6, 6.07) is 14.6. The lowest BCUT2D eigenvalue weighted by molar-refractivity contribution is 0.384. The molecule has 0 aliphatic heterocycles. The summed E-state index contributed by atoms with van der Waals surface area (Å²) in [4.78, 5) is 15.5. The van der Waals surface area contributed by atoms with Crippen molar-refractivity contribution in [3.05, 3.63) is 52.4 Å². The number of benzene rings is 2. The van der Waals surface area contributed by atoms with E-state index in [1.165, 1.54) is 44.9 Å². The lowest BCUT2D eigenvalue weighted by atomic mass is 9.97. The van der Waals surface area contributed by atoms with Crippen LogP contribution in [0.1, 0.15) is 51.4 Å². The van der Waals surface area contributed by atoms with Crippen molar-refractivity contribution in [2.45, 2.75) is 74.0 Å². The number of anilines is 1. The van der Waals surface area contributed by atoms with Gasteiger partial charge in [-0.05, 0) is 72.7 Å². The van der Waals surface area contributed by atoms with Gasteiger partial charge in [-0.25, -0.2) is 15.0 Å². The van der Waals surface area contributed by atoms with Crippen molar-refractivity contribution in [3.8, 4) is 17.0 Å². The predicted octanol–water partition coefficient (Wildman–Crippen LogP) is 6.93. The smallest absolute Gasteiger partial charge is 0.175 e. The molecule has 7 nitrogen and oxygen atoms in total. The molecule has 1 aliphatic rings. The molecule has 2 aromatic heterocycles. The quantitative estimate of drug-likeness (QED) is 0.116. The second kappa shape index (κ2) is 13.1. The Bertz CT molecular complexity index is 1370. The number of nitrogen functional groups attached to an aromatic ring is 1. The van der Waals surface area contributed by atoms with Crippen molar-refractivity contribution in [3.63, 3.8) is 0 Å². The molecular weight excluding hydrogens is 607 g/mol. The van der Waals surface area contributed by atoms with Gasteiger partial charge in [-0.15, -0.1) is 0 Å². The van der Waals surface area contributed by atoms with E-state index in [1.54, 1.807) is 25.2 Å². The Morgan fingerprint density at radius 1 is 1.08 bits per heavy atom. The van der Waals surface area contributed by atoms with Crippen molar-refractivity contribution in [2.24, 2.45) is 0 Å². The first-order valence-electron chi connectivity index (χ1n) is 13.4. The normalized spacial score (nSPS) is 14.9. The zero-order valence-corrected chi connectivity index (χ0v) is 24.8. The molecule has 4 aromatic rings. The molecule has 0 bridgehead atoms. The molecule has 1 aliphatic carbocycles. The van der Waals surface area contributed by atoms with E-state index in [0.29, 0.717) is 11.7 Å². The minimum atomic E-state index is 0.636. The van der Waals surface area contributed by atoms with E-state index in [-0.39, 0.29) is 0 Å². The number of aromatic nitrogens is 4. The number of nitrogens with two attached hydrogens (primary N) is 1. The second-order valence-electron chi connectivity index (χ2n) is 9.78. The Morgan fingerprint density at radius 3 is 2.66 bits per heavy atom. The van der Waals surface area contributed by atoms with Crippen LogP contribution in [0.25, 0.3) is 22.4 Å². The van der Waals surface area contributed by atoms with Gasteiger partial charge in [0, 0.05) is 32.3 Å². The molecule has 0 amide bonds. The Labute approximate surface area is 242 Å². The number of imidazole rings is 1. The van der Waals surface area contributed by atoms with Crippen LogP contribution < -0.4 is 15.8 Å². The van der Waals surface area contributed by atoms with Gasteiger partial charge in [-0.3, -0.25) is 0 Å².